The van der Waals surface area contributed by atoms with Gasteiger partial charge >= 0.3 is 0 Å². The number of aliphatic hydroxyl groups excluding tert-OH is 1. The van der Waals surface area contributed by atoms with Crippen molar-refractivity contribution in [2.24, 2.45) is 23.7 Å². The Bertz CT molecular complexity index is 543. The van der Waals surface area contributed by atoms with E-state index in [4.69, 9.17) is 11.6 Å². The van der Waals surface area contributed by atoms with E-state index >= 15 is 0 Å². The maximum atomic E-state index is 12.9. The first kappa shape index (κ1) is 24.3. The van der Waals surface area contributed by atoms with Gasteiger partial charge in [-0.25, -0.2) is 0 Å². The van der Waals surface area contributed by atoms with Crippen molar-refractivity contribution in [3.63, 3.8) is 0 Å². The quantitative estimate of drug-likeness (QED) is 0.527. The first-order chi connectivity index (χ1) is 14.3. The monoisotopic (exact) mass is 442 g/mol. The zero-order valence-electron chi connectivity index (χ0n) is 19.0. The van der Waals surface area contributed by atoms with Crippen LogP contribution in [-0.2, 0) is 4.79 Å². The molecule has 1 heterocycles. The Morgan fingerprint density at radius 3 is 2.40 bits per heavy atom. The van der Waals surface area contributed by atoms with Crippen molar-refractivity contribution in [3.8, 4) is 0 Å². The van der Waals surface area contributed by atoms with Crippen LogP contribution in [0.4, 0.5) is 0 Å². The van der Waals surface area contributed by atoms with E-state index in [0.717, 1.165) is 83.8 Å². The van der Waals surface area contributed by atoms with E-state index in [9.17, 15) is 15.0 Å². The molecule has 174 valence electrons. The predicted octanol–water partition coefficient (Wildman–Crippen LogP) is 3.55. The number of piperidine rings is 1. The summed E-state index contributed by atoms with van der Waals surface area (Å²) in [6.07, 6.45) is 9.62. The minimum Gasteiger partial charge on any atom is -0.396 e. The molecular formula is C24H43ClN2O3. The number of alkyl halides is 1. The van der Waals surface area contributed by atoms with Crippen LogP contribution in [0.1, 0.15) is 78.1 Å². The lowest BCUT2D eigenvalue weighted by Crippen LogP contribution is -2.54. The van der Waals surface area contributed by atoms with Crippen molar-refractivity contribution >= 4 is 17.5 Å². The molecule has 30 heavy (non-hydrogen) atoms. The summed E-state index contributed by atoms with van der Waals surface area (Å²) in [4.78, 5) is 15.3. The van der Waals surface area contributed by atoms with E-state index in [2.05, 4.69) is 24.1 Å². The summed E-state index contributed by atoms with van der Waals surface area (Å²) >= 11 is 6.25. The predicted molar refractivity (Wildman–Crippen MR) is 122 cm³/mol. The first-order valence-corrected chi connectivity index (χ1v) is 12.7. The fraction of sp³-hybridized carbons (Fsp3) is 0.958. The second-order valence-electron chi connectivity index (χ2n) is 10.6. The number of hydrogen-bond donors (Lipinski definition) is 3. The highest BCUT2D eigenvalue weighted by molar-refractivity contribution is 6.20. The molecule has 2 aliphatic carbocycles. The molecule has 2 unspecified atom stereocenters. The molecule has 3 aliphatic rings. The molecule has 0 aromatic heterocycles. The van der Waals surface area contributed by atoms with Gasteiger partial charge in [-0.3, -0.25) is 4.79 Å². The van der Waals surface area contributed by atoms with Crippen molar-refractivity contribution in [2.45, 2.75) is 95.1 Å². The van der Waals surface area contributed by atoms with Gasteiger partial charge < -0.3 is 20.4 Å². The fourth-order valence-corrected chi connectivity index (χ4v) is 6.07. The molecule has 2 saturated carbocycles. The number of carbonyl (C=O) groups excluding carboxylic acids is 1. The Morgan fingerprint density at radius 2 is 1.80 bits per heavy atom. The lowest BCUT2D eigenvalue weighted by Gasteiger charge is -2.45. The van der Waals surface area contributed by atoms with Gasteiger partial charge in [0.15, 0.2) is 0 Å². The first-order valence-electron chi connectivity index (χ1n) is 12.3. The van der Waals surface area contributed by atoms with Gasteiger partial charge in [0, 0.05) is 43.6 Å². The Morgan fingerprint density at radius 1 is 1.13 bits per heavy atom. The van der Waals surface area contributed by atoms with E-state index in [0.29, 0.717) is 11.8 Å². The minimum absolute atomic E-state index is 0.0423. The normalized spacial score (nSPS) is 33.9. The number of likely N-dealkylation sites (tertiary alicyclic amines) is 1. The van der Waals surface area contributed by atoms with Crippen molar-refractivity contribution in [1.29, 1.82) is 0 Å². The molecule has 0 bridgehead atoms. The molecule has 3 rings (SSSR count). The van der Waals surface area contributed by atoms with Crippen LogP contribution in [0.3, 0.4) is 0 Å². The topological polar surface area (TPSA) is 72.8 Å². The molecule has 1 amide bonds. The van der Waals surface area contributed by atoms with Gasteiger partial charge in [-0.05, 0) is 75.5 Å². The average Bonchev–Trinajstić information content (AvgIpc) is 2.75. The van der Waals surface area contributed by atoms with Crippen LogP contribution >= 0.6 is 11.6 Å². The molecule has 5 nitrogen and oxygen atoms in total. The minimum atomic E-state index is -0.536. The summed E-state index contributed by atoms with van der Waals surface area (Å²) in [5, 5.41) is 24.3. The van der Waals surface area contributed by atoms with Crippen LogP contribution in [0.25, 0.3) is 0 Å². The van der Waals surface area contributed by atoms with Gasteiger partial charge in [-0.1, -0.05) is 20.3 Å². The van der Waals surface area contributed by atoms with Crippen LogP contribution in [0.15, 0.2) is 0 Å². The Labute approximate surface area is 187 Å². The average molecular weight is 443 g/mol. The summed E-state index contributed by atoms with van der Waals surface area (Å²) in [5.41, 5.74) is -0.536. The highest BCUT2D eigenvalue weighted by Gasteiger charge is 2.41. The Hall–Kier alpha value is -0.360. The third-order valence-corrected chi connectivity index (χ3v) is 8.57. The summed E-state index contributed by atoms with van der Waals surface area (Å²) in [5.74, 6) is 1.24. The van der Waals surface area contributed by atoms with Crippen LogP contribution in [0, 0.1) is 23.7 Å². The van der Waals surface area contributed by atoms with Crippen molar-refractivity contribution in [2.75, 3.05) is 26.2 Å². The molecule has 1 aliphatic heterocycles. The van der Waals surface area contributed by atoms with Gasteiger partial charge in [0.25, 0.3) is 0 Å². The molecule has 0 aromatic carbocycles. The smallest absolute Gasteiger partial charge is 0.223 e. The molecule has 6 heteroatoms. The number of nitrogens with one attached hydrogen (secondary N) is 1. The maximum Gasteiger partial charge on any atom is 0.223 e. The highest BCUT2D eigenvalue weighted by atomic mass is 35.5. The zero-order valence-corrected chi connectivity index (χ0v) is 19.7. The van der Waals surface area contributed by atoms with E-state index in [1.165, 1.54) is 0 Å². The van der Waals surface area contributed by atoms with Gasteiger partial charge in [0.2, 0.25) is 5.91 Å². The summed E-state index contributed by atoms with van der Waals surface area (Å²) in [6, 6.07) is 0.130. The number of halogens is 1. The molecule has 3 atom stereocenters. The number of nitrogens with zero attached hydrogens (tertiary/aromatic N) is 1. The van der Waals surface area contributed by atoms with E-state index in [1.54, 1.807) is 0 Å². The lowest BCUT2D eigenvalue weighted by atomic mass is 9.72. The van der Waals surface area contributed by atoms with E-state index in [-0.39, 0.29) is 35.8 Å². The van der Waals surface area contributed by atoms with Crippen molar-refractivity contribution < 1.29 is 15.0 Å². The van der Waals surface area contributed by atoms with Crippen molar-refractivity contribution in [1.82, 2.24) is 10.2 Å². The molecular weight excluding hydrogens is 400 g/mol. The van der Waals surface area contributed by atoms with Crippen LogP contribution in [0.5, 0.6) is 0 Å². The molecule has 0 radical (unpaired) electrons. The van der Waals surface area contributed by atoms with Gasteiger partial charge in [-0.2, -0.15) is 0 Å². The van der Waals surface area contributed by atoms with Crippen LogP contribution in [0.2, 0.25) is 0 Å². The number of aliphatic hydroxyl groups is 2. The molecule has 1 saturated heterocycles. The standard InChI is InChI=1S/C24H43ClN2O3/c1-17(2)22(26-23(29)19-5-3-4-18(14-19)16-28)15-27-12-10-24(30,11-13-27)20-6-8-21(25)9-7-20/h17-22,28,30H,3-16H2,1-2H3,(H,26,29)/t18?,19?,20?,21?,22-/m0/s1. The summed E-state index contributed by atoms with van der Waals surface area (Å²) in [7, 11) is 0. The second-order valence-corrected chi connectivity index (χ2v) is 11.2. The van der Waals surface area contributed by atoms with E-state index < -0.39 is 5.60 Å². The Balaban J connectivity index is 1.48. The summed E-state index contributed by atoms with van der Waals surface area (Å²) < 4.78 is 0. The highest BCUT2D eigenvalue weighted by Crippen LogP contribution is 2.40. The number of rotatable bonds is 7. The van der Waals surface area contributed by atoms with Crippen LogP contribution < -0.4 is 5.32 Å². The van der Waals surface area contributed by atoms with Gasteiger partial charge in [-0.15, -0.1) is 11.6 Å². The molecule has 3 N–H and O–H groups in total. The number of carbonyl (C=O) groups is 1. The van der Waals surface area contributed by atoms with Gasteiger partial charge in [0.1, 0.15) is 0 Å². The SMILES string of the molecule is CC(C)[C@H](CN1CCC(O)(C2CCC(Cl)CC2)CC1)NC(=O)C1CCCC(CO)C1. The number of hydrogen-bond acceptors (Lipinski definition) is 4. The van der Waals surface area contributed by atoms with Crippen LogP contribution in [-0.4, -0.2) is 64.3 Å². The van der Waals surface area contributed by atoms with E-state index in [1.807, 2.05) is 0 Å². The van der Waals surface area contributed by atoms with Gasteiger partial charge in [0.05, 0.1) is 5.60 Å². The van der Waals surface area contributed by atoms with Crippen molar-refractivity contribution in [3.05, 3.63) is 0 Å². The largest absolute Gasteiger partial charge is 0.396 e. The fourth-order valence-electron chi connectivity index (χ4n) is 5.82. The molecule has 0 aromatic rings. The molecule has 0 spiro atoms. The maximum absolute atomic E-state index is 12.9. The summed E-state index contributed by atoms with van der Waals surface area (Å²) in [6.45, 7) is 7.18. The number of amides is 1. The Kier molecular flexibility index (Phi) is 8.89. The third-order valence-electron chi connectivity index (χ3n) is 8.14. The second kappa shape index (κ2) is 11.0. The zero-order chi connectivity index (χ0) is 21.7. The molecule has 3 fully saturated rings. The lowest BCUT2D eigenvalue weighted by molar-refractivity contribution is -0.128. The third kappa shape index (κ3) is 6.34.